The number of phenols is 1. The maximum atomic E-state index is 9.19. The van der Waals surface area contributed by atoms with Crippen molar-refractivity contribution < 1.29 is 9.84 Å². The van der Waals surface area contributed by atoms with E-state index in [1.165, 1.54) is 0 Å². The normalized spacial score (nSPS) is 22.8. The lowest BCUT2D eigenvalue weighted by Crippen LogP contribution is -2.46. The van der Waals surface area contributed by atoms with Crippen LogP contribution in [0.5, 0.6) is 11.5 Å². The summed E-state index contributed by atoms with van der Waals surface area (Å²) < 4.78 is 5.89. The van der Waals surface area contributed by atoms with E-state index in [1.807, 2.05) is 24.4 Å². The number of allylic oxidation sites excluding steroid dienone is 2. The Balaban J connectivity index is 2.15. The van der Waals surface area contributed by atoms with Crippen molar-refractivity contribution in [3.8, 4) is 11.5 Å². The highest BCUT2D eigenvalue weighted by Gasteiger charge is 2.26. The summed E-state index contributed by atoms with van der Waals surface area (Å²) >= 11 is 0. The number of hydrogen-bond donors (Lipinski definition) is 2. The molecule has 0 aromatic heterocycles. The van der Waals surface area contributed by atoms with E-state index in [9.17, 15) is 5.11 Å². The Morgan fingerprint density at radius 3 is 2.56 bits per heavy atom. The molecule has 0 saturated carbocycles. The van der Waals surface area contributed by atoms with Crippen LogP contribution in [0, 0.1) is 0 Å². The Bertz CT molecular complexity index is 408. The van der Waals surface area contributed by atoms with Crippen LogP contribution < -0.4 is 10.1 Å². The van der Waals surface area contributed by atoms with Gasteiger partial charge in [0.2, 0.25) is 0 Å². The van der Waals surface area contributed by atoms with Gasteiger partial charge in [-0.1, -0.05) is 13.0 Å². The first-order chi connectivity index (χ1) is 7.74. The van der Waals surface area contributed by atoms with Gasteiger partial charge in [0.15, 0.2) is 5.72 Å². The van der Waals surface area contributed by atoms with E-state index in [0.29, 0.717) is 0 Å². The number of ether oxygens (including phenoxy) is 1. The molecule has 84 valence electrons. The first-order valence-corrected chi connectivity index (χ1v) is 5.34. The topological polar surface area (TPSA) is 41.5 Å². The van der Waals surface area contributed by atoms with Gasteiger partial charge < -0.3 is 15.2 Å². The molecule has 0 radical (unpaired) electrons. The second kappa shape index (κ2) is 4.31. The highest BCUT2D eigenvalue weighted by Crippen LogP contribution is 2.24. The summed E-state index contributed by atoms with van der Waals surface area (Å²) in [6, 6.07) is 6.73. The van der Waals surface area contributed by atoms with Crippen molar-refractivity contribution in [1.29, 1.82) is 0 Å². The minimum atomic E-state index is -0.480. The average Bonchev–Trinajstić information content (AvgIpc) is 2.33. The summed E-state index contributed by atoms with van der Waals surface area (Å²) in [5, 5.41) is 12.4. The third kappa shape index (κ3) is 2.19. The SMILES string of the molecule is CCC1(Oc2ccc(O)cc2)C=CC=CN1. The lowest BCUT2D eigenvalue weighted by atomic mass is 10.1. The summed E-state index contributed by atoms with van der Waals surface area (Å²) in [6.07, 6.45) is 8.55. The van der Waals surface area contributed by atoms with Gasteiger partial charge in [0.1, 0.15) is 11.5 Å². The molecule has 1 atom stereocenters. The van der Waals surface area contributed by atoms with Gasteiger partial charge in [-0.05, 0) is 36.4 Å². The molecule has 3 nitrogen and oxygen atoms in total. The van der Waals surface area contributed by atoms with Gasteiger partial charge in [-0.2, -0.15) is 0 Å². The summed E-state index contributed by atoms with van der Waals surface area (Å²) in [5.74, 6) is 0.969. The first kappa shape index (κ1) is 10.6. The third-order valence-electron chi connectivity index (χ3n) is 2.56. The zero-order valence-corrected chi connectivity index (χ0v) is 9.18. The molecule has 1 heterocycles. The second-order valence-electron chi connectivity index (χ2n) is 3.70. The van der Waals surface area contributed by atoms with Crippen LogP contribution >= 0.6 is 0 Å². The van der Waals surface area contributed by atoms with Crippen molar-refractivity contribution in [2.24, 2.45) is 0 Å². The quantitative estimate of drug-likeness (QED) is 0.817. The highest BCUT2D eigenvalue weighted by atomic mass is 16.5. The molecule has 0 spiro atoms. The van der Waals surface area contributed by atoms with E-state index < -0.39 is 5.72 Å². The van der Waals surface area contributed by atoms with Crippen LogP contribution in [0.3, 0.4) is 0 Å². The van der Waals surface area contributed by atoms with Gasteiger partial charge >= 0.3 is 0 Å². The van der Waals surface area contributed by atoms with Crippen molar-refractivity contribution in [1.82, 2.24) is 5.32 Å². The van der Waals surface area contributed by atoms with Gasteiger partial charge in [0, 0.05) is 12.6 Å². The van der Waals surface area contributed by atoms with E-state index >= 15 is 0 Å². The number of rotatable bonds is 3. The number of benzene rings is 1. The number of aromatic hydroxyl groups is 1. The van der Waals surface area contributed by atoms with Crippen LogP contribution in [0.4, 0.5) is 0 Å². The largest absolute Gasteiger partial charge is 0.508 e. The van der Waals surface area contributed by atoms with Crippen molar-refractivity contribution in [3.63, 3.8) is 0 Å². The minimum Gasteiger partial charge on any atom is -0.508 e. The molecule has 3 heteroatoms. The summed E-state index contributed by atoms with van der Waals surface area (Å²) in [5.41, 5.74) is -0.480. The summed E-state index contributed by atoms with van der Waals surface area (Å²) in [6.45, 7) is 2.05. The smallest absolute Gasteiger partial charge is 0.199 e. The molecule has 2 N–H and O–H groups in total. The molecular formula is C13H15NO2. The Morgan fingerprint density at radius 1 is 1.25 bits per heavy atom. The fourth-order valence-electron chi connectivity index (χ4n) is 1.58. The van der Waals surface area contributed by atoms with Crippen LogP contribution in [-0.2, 0) is 0 Å². The van der Waals surface area contributed by atoms with Gasteiger partial charge in [-0.25, -0.2) is 0 Å². The molecule has 1 aliphatic heterocycles. The Morgan fingerprint density at radius 2 is 2.00 bits per heavy atom. The zero-order valence-electron chi connectivity index (χ0n) is 9.18. The lowest BCUT2D eigenvalue weighted by Gasteiger charge is -2.32. The fourth-order valence-corrected chi connectivity index (χ4v) is 1.58. The highest BCUT2D eigenvalue weighted by molar-refractivity contribution is 5.31. The minimum absolute atomic E-state index is 0.241. The summed E-state index contributed by atoms with van der Waals surface area (Å²) in [7, 11) is 0. The third-order valence-corrected chi connectivity index (χ3v) is 2.56. The second-order valence-corrected chi connectivity index (χ2v) is 3.70. The van der Waals surface area contributed by atoms with E-state index in [-0.39, 0.29) is 5.75 Å². The van der Waals surface area contributed by atoms with Crippen LogP contribution in [-0.4, -0.2) is 10.8 Å². The number of dihydropyridines is 1. The standard InChI is InChI=1S/C13H15NO2/c1-2-13(9-3-4-10-14-13)16-12-7-5-11(15)6-8-12/h3-10,14-15H,2H2,1H3. The number of phenolic OH excluding ortho intramolecular Hbond substituents is 1. The predicted molar refractivity (Wildman–Crippen MR) is 63.2 cm³/mol. The van der Waals surface area contributed by atoms with Gasteiger partial charge in [-0.3, -0.25) is 0 Å². The van der Waals surface area contributed by atoms with E-state index in [0.717, 1.165) is 12.2 Å². The van der Waals surface area contributed by atoms with E-state index in [2.05, 4.69) is 12.2 Å². The molecular weight excluding hydrogens is 202 g/mol. The van der Waals surface area contributed by atoms with Gasteiger partial charge in [0.05, 0.1) is 0 Å². The molecule has 0 fully saturated rings. The van der Waals surface area contributed by atoms with E-state index in [4.69, 9.17) is 4.74 Å². The Labute approximate surface area is 95.1 Å². The lowest BCUT2D eigenvalue weighted by molar-refractivity contribution is 0.0918. The Kier molecular flexibility index (Phi) is 2.86. The maximum Gasteiger partial charge on any atom is 0.199 e. The van der Waals surface area contributed by atoms with Crippen LogP contribution in [0.1, 0.15) is 13.3 Å². The van der Waals surface area contributed by atoms with Gasteiger partial charge in [-0.15, -0.1) is 0 Å². The molecule has 0 amide bonds. The molecule has 0 bridgehead atoms. The first-order valence-electron chi connectivity index (χ1n) is 5.34. The molecule has 0 aliphatic carbocycles. The number of hydrogen-bond acceptors (Lipinski definition) is 3. The van der Waals surface area contributed by atoms with Crippen LogP contribution in [0.25, 0.3) is 0 Å². The van der Waals surface area contributed by atoms with Crippen molar-refractivity contribution in [3.05, 3.63) is 48.7 Å². The zero-order chi connectivity index (χ0) is 11.4. The van der Waals surface area contributed by atoms with Crippen LogP contribution in [0.2, 0.25) is 0 Å². The summed E-state index contributed by atoms with van der Waals surface area (Å²) in [4.78, 5) is 0. The van der Waals surface area contributed by atoms with E-state index in [1.54, 1.807) is 24.3 Å². The molecule has 1 unspecified atom stereocenters. The number of nitrogens with one attached hydrogen (secondary N) is 1. The fraction of sp³-hybridized carbons (Fsp3) is 0.231. The molecule has 1 aromatic rings. The predicted octanol–water partition coefficient (Wildman–Crippen LogP) is 2.55. The van der Waals surface area contributed by atoms with Crippen LogP contribution in [0.15, 0.2) is 48.7 Å². The molecule has 1 aromatic carbocycles. The van der Waals surface area contributed by atoms with Crippen molar-refractivity contribution in [2.75, 3.05) is 0 Å². The molecule has 2 rings (SSSR count). The average molecular weight is 217 g/mol. The maximum absolute atomic E-state index is 9.19. The van der Waals surface area contributed by atoms with Gasteiger partial charge in [0.25, 0.3) is 0 Å². The van der Waals surface area contributed by atoms with Crippen molar-refractivity contribution in [2.45, 2.75) is 19.1 Å². The Hall–Kier alpha value is -1.90. The molecule has 16 heavy (non-hydrogen) atoms. The molecule has 1 aliphatic rings. The monoisotopic (exact) mass is 217 g/mol. The van der Waals surface area contributed by atoms with Crippen molar-refractivity contribution >= 4 is 0 Å². The molecule has 0 saturated heterocycles.